The van der Waals surface area contributed by atoms with Crippen LogP contribution in [0.3, 0.4) is 0 Å². The lowest BCUT2D eigenvalue weighted by atomic mass is 9.68. The number of aliphatic hydroxyl groups excluding tert-OH is 1. The van der Waals surface area contributed by atoms with E-state index in [1.165, 1.54) is 0 Å². The third-order valence-corrected chi connectivity index (χ3v) is 8.53. The Hall–Kier alpha value is -4.10. The Balaban J connectivity index is -0.00000181. The van der Waals surface area contributed by atoms with Crippen LogP contribution in [0.1, 0.15) is 130 Å². The van der Waals surface area contributed by atoms with Gasteiger partial charge in [0.1, 0.15) is 6.29 Å². The predicted molar refractivity (Wildman–Crippen MR) is 220 cm³/mol. The van der Waals surface area contributed by atoms with E-state index in [0.717, 1.165) is 30.1 Å². The van der Waals surface area contributed by atoms with Gasteiger partial charge in [-0.15, -0.1) is 0 Å². The maximum absolute atomic E-state index is 13.6. The summed E-state index contributed by atoms with van der Waals surface area (Å²) in [5.74, 6) is -4.00. The van der Waals surface area contributed by atoms with Crippen LogP contribution in [0.5, 0.6) is 0 Å². The van der Waals surface area contributed by atoms with E-state index in [1.54, 1.807) is 7.05 Å². The summed E-state index contributed by atoms with van der Waals surface area (Å²) in [4.78, 5) is 52.6. The number of aliphatic hydroxyl groups is 1. The molecule has 3 aromatic carbocycles. The van der Waals surface area contributed by atoms with E-state index in [4.69, 9.17) is 5.11 Å². The molecule has 0 bridgehead atoms. The van der Waals surface area contributed by atoms with Crippen molar-refractivity contribution >= 4 is 24.0 Å². The standard InChI is InChI=1S/C34H38N2O4.5C2H6.CH4O/c1-22(24-13-7-4-8-14-24)19-27(21-37)31(33(39)35-3)28(26-17-11-6-12-18-26)20-29-30(34(40)36-32(29)38)23(2)25-15-9-5-10-16-25;6*1-2/h4-18,21-23,27-31H,19-20H2,1-3H3,(H,35,39)(H,36,38,40);5*1-2H3;2H,1H3. The van der Waals surface area contributed by atoms with Gasteiger partial charge in [-0.2, -0.15) is 0 Å². The summed E-state index contributed by atoms with van der Waals surface area (Å²) in [6.45, 7) is 24.0. The summed E-state index contributed by atoms with van der Waals surface area (Å²) < 4.78 is 0. The summed E-state index contributed by atoms with van der Waals surface area (Å²) in [6, 6.07) is 29.2. The molecule has 0 aromatic heterocycles. The summed E-state index contributed by atoms with van der Waals surface area (Å²) in [7, 11) is 2.58. The second-order valence-electron chi connectivity index (χ2n) is 10.9. The number of benzene rings is 3. The molecule has 1 heterocycles. The van der Waals surface area contributed by atoms with Gasteiger partial charge in [0, 0.05) is 20.1 Å². The molecule has 292 valence electrons. The number of hydrogen-bond acceptors (Lipinski definition) is 5. The van der Waals surface area contributed by atoms with Gasteiger partial charge in [-0.1, -0.05) is 174 Å². The van der Waals surface area contributed by atoms with E-state index in [-0.39, 0.29) is 36.0 Å². The molecule has 0 saturated carbocycles. The third-order valence-electron chi connectivity index (χ3n) is 8.53. The zero-order chi connectivity index (χ0) is 40.6. The first kappa shape index (κ1) is 52.3. The van der Waals surface area contributed by atoms with Crippen LogP contribution >= 0.6 is 0 Å². The molecule has 1 saturated heterocycles. The molecule has 52 heavy (non-hydrogen) atoms. The van der Waals surface area contributed by atoms with Crippen LogP contribution in [0.4, 0.5) is 0 Å². The fourth-order valence-electron chi connectivity index (χ4n) is 6.36. The Kier molecular flexibility index (Phi) is 32.9. The summed E-state index contributed by atoms with van der Waals surface area (Å²) >= 11 is 0. The number of imide groups is 1. The smallest absolute Gasteiger partial charge is 0.231 e. The van der Waals surface area contributed by atoms with E-state index in [9.17, 15) is 19.2 Å². The zero-order valence-corrected chi connectivity index (χ0v) is 34.8. The van der Waals surface area contributed by atoms with Crippen LogP contribution in [-0.4, -0.2) is 43.3 Å². The van der Waals surface area contributed by atoms with E-state index in [2.05, 4.69) is 17.6 Å². The van der Waals surface area contributed by atoms with Crippen LogP contribution < -0.4 is 10.6 Å². The predicted octanol–water partition coefficient (Wildman–Crippen LogP) is 9.96. The van der Waals surface area contributed by atoms with E-state index in [0.29, 0.717) is 6.42 Å². The molecule has 4 rings (SSSR count). The second kappa shape index (κ2) is 32.8. The van der Waals surface area contributed by atoms with Crippen molar-refractivity contribution in [2.24, 2.45) is 23.7 Å². The minimum absolute atomic E-state index is 0.0437. The summed E-state index contributed by atoms with van der Waals surface area (Å²) in [5, 5.41) is 12.3. The van der Waals surface area contributed by atoms with E-state index >= 15 is 0 Å². The first-order chi connectivity index (χ1) is 25.3. The van der Waals surface area contributed by atoms with Crippen LogP contribution in [-0.2, 0) is 19.2 Å². The Morgan fingerprint density at radius 1 is 0.692 bits per heavy atom. The van der Waals surface area contributed by atoms with Crippen molar-refractivity contribution in [3.05, 3.63) is 108 Å². The molecular formula is C45H72N2O5. The van der Waals surface area contributed by atoms with Crippen molar-refractivity contribution in [2.75, 3.05) is 14.2 Å². The van der Waals surface area contributed by atoms with Crippen LogP contribution in [0.25, 0.3) is 0 Å². The lowest BCUT2D eigenvalue weighted by Gasteiger charge is -2.34. The molecule has 7 unspecified atom stereocenters. The highest BCUT2D eigenvalue weighted by molar-refractivity contribution is 6.05. The second-order valence-corrected chi connectivity index (χ2v) is 10.9. The first-order valence-electron chi connectivity index (χ1n) is 19.5. The van der Waals surface area contributed by atoms with Gasteiger partial charge in [0.25, 0.3) is 0 Å². The number of aldehydes is 1. The molecule has 7 heteroatoms. The largest absolute Gasteiger partial charge is 0.400 e. The topological polar surface area (TPSA) is 113 Å². The molecule has 1 aliphatic rings. The van der Waals surface area contributed by atoms with Crippen molar-refractivity contribution < 1.29 is 24.3 Å². The quantitative estimate of drug-likeness (QED) is 0.127. The molecule has 7 nitrogen and oxygen atoms in total. The normalized spacial score (nSPS) is 16.5. The van der Waals surface area contributed by atoms with Crippen molar-refractivity contribution in [3.63, 3.8) is 0 Å². The molecule has 0 spiro atoms. The van der Waals surface area contributed by atoms with E-state index < -0.39 is 29.6 Å². The van der Waals surface area contributed by atoms with Crippen molar-refractivity contribution in [1.29, 1.82) is 0 Å². The van der Waals surface area contributed by atoms with Crippen molar-refractivity contribution in [1.82, 2.24) is 10.6 Å². The Labute approximate surface area is 317 Å². The van der Waals surface area contributed by atoms with Crippen LogP contribution in [0.2, 0.25) is 0 Å². The molecule has 3 amide bonds. The minimum atomic E-state index is -0.716. The highest BCUT2D eigenvalue weighted by Crippen LogP contribution is 2.44. The highest BCUT2D eigenvalue weighted by Gasteiger charge is 2.48. The Morgan fingerprint density at radius 3 is 1.50 bits per heavy atom. The van der Waals surface area contributed by atoms with Gasteiger partial charge in [0.2, 0.25) is 17.7 Å². The van der Waals surface area contributed by atoms with Crippen LogP contribution in [0, 0.1) is 23.7 Å². The first-order valence-corrected chi connectivity index (χ1v) is 19.5. The number of amides is 3. The van der Waals surface area contributed by atoms with Gasteiger partial charge >= 0.3 is 0 Å². The van der Waals surface area contributed by atoms with Gasteiger partial charge in [-0.05, 0) is 47.3 Å². The third kappa shape index (κ3) is 16.1. The Bertz CT molecular complexity index is 1300. The molecule has 1 aliphatic heterocycles. The van der Waals surface area contributed by atoms with Crippen LogP contribution in [0.15, 0.2) is 91.0 Å². The van der Waals surface area contributed by atoms with Crippen molar-refractivity contribution in [2.45, 2.75) is 114 Å². The maximum Gasteiger partial charge on any atom is 0.231 e. The molecule has 1 fully saturated rings. The number of nitrogens with one attached hydrogen (secondary N) is 2. The van der Waals surface area contributed by atoms with Crippen molar-refractivity contribution in [3.8, 4) is 0 Å². The monoisotopic (exact) mass is 721 g/mol. The number of hydrogen-bond donors (Lipinski definition) is 3. The lowest BCUT2D eigenvalue weighted by molar-refractivity contribution is -0.131. The van der Waals surface area contributed by atoms with E-state index in [1.807, 2.05) is 167 Å². The van der Waals surface area contributed by atoms with Gasteiger partial charge < -0.3 is 15.2 Å². The molecule has 0 radical (unpaired) electrons. The number of carbonyl (C=O) groups excluding carboxylic acids is 4. The zero-order valence-electron chi connectivity index (χ0n) is 34.8. The fourth-order valence-corrected chi connectivity index (χ4v) is 6.36. The molecule has 7 atom stereocenters. The van der Waals surface area contributed by atoms with Gasteiger partial charge in [-0.25, -0.2) is 0 Å². The average Bonchev–Trinajstić information content (AvgIpc) is 3.53. The fraction of sp³-hybridized carbons (Fsp3) is 0.511. The summed E-state index contributed by atoms with van der Waals surface area (Å²) in [5.41, 5.74) is 2.94. The molecule has 3 aromatic rings. The lowest BCUT2D eigenvalue weighted by Crippen LogP contribution is -2.40. The maximum atomic E-state index is 13.6. The van der Waals surface area contributed by atoms with Gasteiger partial charge in [0.05, 0.1) is 17.8 Å². The average molecular weight is 721 g/mol. The molecular weight excluding hydrogens is 649 g/mol. The summed E-state index contributed by atoms with van der Waals surface area (Å²) in [6.07, 6.45) is 1.64. The number of carbonyl (C=O) groups is 4. The molecule has 0 aliphatic carbocycles. The van der Waals surface area contributed by atoms with Gasteiger partial charge in [-0.3, -0.25) is 19.7 Å². The van der Waals surface area contributed by atoms with Gasteiger partial charge in [0.15, 0.2) is 0 Å². The highest BCUT2D eigenvalue weighted by atomic mass is 16.2. The number of rotatable bonds is 12. The minimum Gasteiger partial charge on any atom is -0.400 e. The Morgan fingerprint density at radius 2 is 1.10 bits per heavy atom. The SMILES string of the molecule is CC.CC.CC.CC.CC.CNC(=O)C(C(C=O)CC(C)c1ccccc1)C(CC1C(=O)NC(=O)C1C(C)c1ccccc1)c1ccccc1.CO. The molecule has 3 N–H and O–H groups in total.